The zero-order valence-electron chi connectivity index (χ0n) is 12.7. The minimum Gasteiger partial charge on any atom is -0.322 e. The zero-order chi connectivity index (χ0) is 17.0. The molecule has 5 nitrogen and oxygen atoms in total. The van der Waals surface area contributed by atoms with E-state index in [2.05, 4.69) is 5.32 Å². The standard InChI is InChI=1S/C16H17FN2O3S/c1-19(23(2,21)22)15(12-8-4-3-5-9-12)16(20)18-14-11-7-6-10-13(14)17/h3-11,15H,1-2H3,(H,18,20)/t15-/m0/s1. The summed E-state index contributed by atoms with van der Waals surface area (Å²) in [6, 6.07) is 13.1. The van der Waals surface area contributed by atoms with Gasteiger partial charge in [-0.1, -0.05) is 42.5 Å². The van der Waals surface area contributed by atoms with Gasteiger partial charge in [0.25, 0.3) is 0 Å². The number of anilines is 1. The summed E-state index contributed by atoms with van der Waals surface area (Å²) in [7, 11) is -2.31. The molecule has 7 heteroatoms. The topological polar surface area (TPSA) is 66.5 Å². The monoisotopic (exact) mass is 336 g/mol. The molecule has 0 aliphatic heterocycles. The number of rotatable bonds is 5. The molecule has 0 saturated heterocycles. The summed E-state index contributed by atoms with van der Waals surface area (Å²) in [5.41, 5.74) is 0.495. The van der Waals surface area contributed by atoms with Crippen molar-refractivity contribution in [3.05, 3.63) is 66.0 Å². The van der Waals surface area contributed by atoms with Gasteiger partial charge in [-0.25, -0.2) is 12.8 Å². The molecule has 1 N–H and O–H groups in total. The molecule has 23 heavy (non-hydrogen) atoms. The average Bonchev–Trinajstić information content (AvgIpc) is 2.50. The predicted octanol–water partition coefficient (Wildman–Crippen LogP) is 2.40. The van der Waals surface area contributed by atoms with Crippen LogP contribution in [0.15, 0.2) is 54.6 Å². The second-order valence-electron chi connectivity index (χ2n) is 5.06. The van der Waals surface area contributed by atoms with Gasteiger partial charge in [-0.2, -0.15) is 4.31 Å². The molecule has 0 heterocycles. The third-order valence-electron chi connectivity index (χ3n) is 3.38. The van der Waals surface area contributed by atoms with E-state index in [4.69, 9.17) is 0 Å². The van der Waals surface area contributed by atoms with Crippen LogP contribution in [0.1, 0.15) is 11.6 Å². The number of para-hydroxylation sites is 1. The maximum absolute atomic E-state index is 13.7. The van der Waals surface area contributed by atoms with Crippen LogP contribution in [0.4, 0.5) is 10.1 Å². The number of hydrogen-bond donors (Lipinski definition) is 1. The van der Waals surface area contributed by atoms with Crippen molar-refractivity contribution in [1.29, 1.82) is 0 Å². The molecular formula is C16H17FN2O3S. The van der Waals surface area contributed by atoms with E-state index < -0.39 is 27.8 Å². The molecular weight excluding hydrogens is 319 g/mol. The lowest BCUT2D eigenvalue weighted by Crippen LogP contribution is -2.38. The Labute approximate surface area is 134 Å². The molecule has 0 aliphatic carbocycles. The Morgan fingerprint density at radius 2 is 1.65 bits per heavy atom. The molecule has 0 saturated carbocycles. The molecule has 0 aliphatic rings. The Bertz CT molecular complexity index is 794. The van der Waals surface area contributed by atoms with Crippen LogP contribution in [0.2, 0.25) is 0 Å². The highest BCUT2D eigenvalue weighted by Crippen LogP contribution is 2.24. The molecule has 2 rings (SSSR count). The Morgan fingerprint density at radius 1 is 1.09 bits per heavy atom. The SMILES string of the molecule is CN([C@H](C(=O)Nc1ccccc1F)c1ccccc1)S(C)(=O)=O. The fraction of sp³-hybridized carbons (Fsp3) is 0.188. The summed E-state index contributed by atoms with van der Waals surface area (Å²) < 4.78 is 38.3. The van der Waals surface area contributed by atoms with Crippen LogP contribution in [0.3, 0.4) is 0 Å². The number of nitrogens with zero attached hydrogens (tertiary/aromatic N) is 1. The fourth-order valence-electron chi connectivity index (χ4n) is 2.12. The Morgan fingerprint density at radius 3 is 2.22 bits per heavy atom. The van der Waals surface area contributed by atoms with E-state index >= 15 is 0 Å². The quantitative estimate of drug-likeness (QED) is 0.912. The van der Waals surface area contributed by atoms with Crippen molar-refractivity contribution in [2.75, 3.05) is 18.6 Å². The summed E-state index contributed by atoms with van der Waals surface area (Å²) in [6.45, 7) is 0. The molecule has 122 valence electrons. The summed E-state index contributed by atoms with van der Waals surface area (Å²) in [5, 5.41) is 2.44. The fourth-order valence-corrected chi connectivity index (χ4v) is 2.72. The lowest BCUT2D eigenvalue weighted by molar-refractivity contribution is -0.119. The number of carbonyl (C=O) groups excluding carboxylic acids is 1. The van der Waals surface area contributed by atoms with Crippen LogP contribution >= 0.6 is 0 Å². The number of benzene rings is 2. The van der Waals surface area contributed by atoms with Gasteiger partial charge in [0.1, 0.15) is 11.9 Å². The number of halogens is 1. The van der Waals surface area contributed by atoms with Gasteiger partial charge in [0, 0.05) is 7.05 Å². The van der Waals surface area contributed by atoms with Crippen molar-refractivity contribution in [1.82, 2.24) is 4.31 Å². The predicted molar refractivity (Wildman–Crippen MR) is 86.8 cm³/mol. The maximum atomic E-state index is 13.7. The van der Waals surface area contributed by atoms with E-state index in [1.807, 2.05) is 0 Å². The van der Waals surface area contributed by atoms with Crippen molar-refractivity contribution in [2.24, 2.45) is 0 Å². The molecule has 0 aromatic heterocycles. The van der Waals surface area contributed by atoms with Gasteiger partial charge in [0.2, 0.25) is 15.9 Å². The molecule has 0 unspecified atom stereocenters. The van der Waals surface area contributed by atoms with Crippen LogP contribution in [0, 0.1) is 5.82 Å². The van der Waals surface area contributed by atoms with Crippen LogP contribution in [0.5, 0.6) is 0 Å². The van der Waals surface area contributed by atoms with Crippen LogP contribution in [-0.4, -0.2) is 31.9 Å². The summed E-state index contributed by atoms with van der Waals surface area (Å²) >= 11 is 0. The molecule has 0 radical (unpaired) electrons. The van der Waals surface area contributed by atoms with Gasteiger partial charge in [-0.15, -0.1) is 0 Å². The van der Waals surface area contributed by atoms with Gasteiger partial charge < -0.3 is 5.32 Å². The normalized spacial score (nSPS) is 12.9. The first-order chi connectivity index (χ1) is 10.8. The highest BCUT2D eigenvalue weighted by molar-refractivity contribution is 7.88. The van der Waals surface area contributed by atoms with Crippen LogP contribution < -0.4 is 5.32 Å². The van der Waals surface area contributed by atoms with Crippen molar-refractivity contribution < 1.29 is 17.6 Å². The number of sulfonamides is 1. The first-order valence-corrected chi connectivity index (χ1v) is 8.69. The third kappa shape index (κ3) is 4.14. The minimum atomic E-state index is -3.62. The average molecular weight is 336 g/mol. The maximum Gasteiger partial charge on any atom is 0.247 e. The van der Waals surface area contributed by atoms with E-state index in [9.17, 15) is 17.6 Å². The Hall–Kier alpha value is -2.25. The number of amides is 1. The number of carbonyl (C=O) groups is 1. The second-order valence-corrected chi connectivity index (χ2v) is 7.10. The largest absolute Gasteiger partial charge is 0.322 e. The van der Waals surface area contributed by atoms with E-state index in [-0.39, 0.29) is 5.69 Å². The first-order valence-electron chi connectivity index (χ1n) is 6.84. The second kappa shape index (κ2) is 6.89. The van der Waals surface area contributed by atoms with Crippen LogP contribution in [0.25, 0.3) is 0 Å². The highest BCUT2D eigenvalue weighted by atomic mass is 32.2. The summed E-state index contributed by atoms with van der Waals surface area (Å²) in [4.78, 5) is 12.6. The molecule has 0 bridgehead atoms. The van der Waals surface area contributed by atoms with Gasteiger partial charge in [-0.3, -0.25) is 4.79 Å². The van der Waals surface area contributed by atoms with Crippen molar-refractivity contribution >= 4 is 21.6 Å². The van der Waals surface area contributed by atoms with E-state index in [0.29, 0.717) is 5.56 Å². The number of hydrogen-bond acceptors (Lipinski definition) is 3. The van der Waals surface area contributed by atoms with E-state index in [0.717, 1.165) is 10.6 Å². The van der Waals surface area contributed by atoms with Crippen LogP contribution in [-0.2, 0) is 14.8 Å². The molecule has 0 spiro atoms. The van der Waals surface area contributed by atoms with Crippen molar-refractivity contribution in [3.8, 4) is 0 Å². The first kappa shape index (κ1) is 17.1. The van der Waals surface area contributed by atoms with E-state index in [1.165, 1.54) is 25.2 Å². The molecule has 1 atom stereocenters. The number of nitrogens with one attached hydrogen (secondary N) is 1. The third-order valence-corrected chi connectivity index (χ3v) is 4.64. The molecule has 2 aromatic carbocycles. The minimum absolute atomic E-state index is 0.000308. The van der Waals surface area contributed by atoms with Gasteiger partial charge in [0.15, 0.2) is 0 Å². The Kier molecular flexibility index (Phi) is 5.12. The summed E-state index contributed by atoms with van der Waals surface area (Å²) in [5.74, 6) is -1.22. The van der Waals surface area contributed by atoms with Gasteiger partial charge >= 0.3 is 0 Å². The lowest BCUT2D eigenvalue weighted by atomic mass is 10.1. The molecule has 0 fully saturated rings. The zero-order valence-corrected chi connectivity index (χ0v) is 13.5. The molecule has 1 amide bonds. The lowest BCUT2D eigenvalue weighted by Gasteiger charge is -2.25. The smallest absolute Gasteiger partial charge is 0.247 e. The van der Waals surface area contributed by atoms with Gasteiger partial charge in [0.05, 0.1) is 11.9 Å². The molecule has 2 aromatic rings. The van der Waals surface area contributed by atoms with Crippen molar-refractivity contribution in [2.45, 2.75) is 6.04 Å². The van der Waals surface area contributed by atoms with Crippen molar-refractivity contribution in [3.63, 3.8) is 0 Å². The van der Waals surface area contributed by atoms with E-state index in [1.54, 1.807) is 36.4 Å². The number of likely N-dealkylation sites (N-methyl/N-ethyl adjacent to an activating group) is 1. The highest BCUT2D eigenvalue weighted by Gasteiger charge is 2.31. The van der Waals surface area contributed by atoms with Gasteiger partial charge in [-0.05, 0) is 17.7 Å². The summed E-state index contributed by atoms with van der Waals surface area (Å²) in [6.07, 6.45) is 1.01. The Balaban J connectivity index is 2.38.